The van der Waals surface area contributed by atoms with Gasteiger partial charge in [0.2, 0.25) is 5.95 Å². The zero-order valence-corrected chi connectivity index (χ0v) is 87.7. The Labute approximate surface area is 883 Å². The summed E-state index contributed by atoms with van der Waals surface area (Å²) in [5.41, 5.74) is 24.6. The van der Waals surface area contributed by atoms with Gasteiger partial charge in [-0.2, -0.15) is 4.99 Å². The molecule has 8 aromatic carbocycles. The Hall–Kier alpha value is -14.7. The number of fused-ring (bicyclic) bond motifs is 2. The number of anilines is 6. The number of amides is 10. The van der Waals surface area contributed by atoms with Crippen molar-refractivity contribution < 1.29 is 85.6 Å². The monoisotopic (exact) mass is 2170 g/mol. The summed E-state index contributed by atoms with van der Waals surface area (Å²) in [5.74, 6) is 1.83. The number of nitrogen functional groups attached to an aromatic ring is 2. The Bertz CT molecular complexity index is 5740. The fourth-order valence-corrected chi connectivity index (χ4v) is 15.7. The van der Waals surface area contributed by atoms with Gasteiger partial charge in [-0.1, -0.05) is 103 Å². The number of thiocarbonyl (C=S) groups is 1. The highest BCUT2D eigenvalue weighted by Crippen LogP contribution is 2.31. The Morgan fingerprint density at radius 1 is 0.493 bits per heavy atom. The lowest BCUT2D eigenvalue weighted by molar-refractivity contribution is -0.384. The minimum absolute atomic E-state index is 0. The van der Waals surface area contributed by atoms with Crippen molar-refractivity contribution in [3.63, 3.8) is 0 Å². The minimum Gasteiger partial charge on any atom is -0.450 e. The number of para-hydroxylation sites is 11. The van der Waals surface area contributed by atoms with Crippen LogP contribution in [0.4, 0.5) is 104 Å². The lowest BCUT2D eigenvalue weighted by Gasteiger charge is -2.32. The number of carbonyl (C=O) groups excluding carboxylic acids is 8. The Kier molecular flexibility index (Phi) is 54.8. The molecule has 6 aliphatic rings. The van der Waals surface area contributed by atoms with Gasteiger partial charge in [-0.25, -0.2) is 47.3 Å². The van der Waals surface area contributed by atoms with Crippen LogP contribution < -0.4 is 49.1 Å². The van der Waals surface area contributed by atoms with Crippen molar-refractivity contribution >= 4 is 179 Å². The van der Waals surface area contributed by atoms with Crippen LogP contribution in [0.3, 0.4) is 0 Å². The lowest BCUT2D eigenvalue weighted by atomic mass is 10.1. The van der Waals surface area contributed by atoms with Crippen LogP contribution in [-0.2, 0) is 42.5 Å². The number of imidazole rings is 1. The number of urea groups is 2. The number of isothiocyanates is 1. The highest BCUT2D eigenvalue weighted by Gasteiger charge is 2.31. The molecule has 47 heteroatoms. The van der Waals surface area contributed by atoms with Gasteiger partial charge in [-0.15, -0.1) is 28.6 Å². The average Bonchev–Trinajstić information content (AvgIpc) is 1.64. The number of piperidine rings is 5. The van der Waals surface area contributed by atoms with Crippen molar-refractivity contribution in [1.29, 1.82) is 0 Å². The molecule has 0 unspecified atom stereocenters. The van der Waals surface area contributed by atoms with Crippen LogP contribution in [0, 0.1) is 42.0 Å². The number of nitrogens with zero attached hydrogens (tertiary/aromatic N) is 13. The van der Waals surface area contributed by atoms with Crippen molar-refractivity contribution in [2.75, 3.05) is 144 Å². The molecule has 0 radical (unpaired) electrons. The average molecular weight is 2180 g/mol. The van der Waals surface area contributed by atoms with E-state index >= 15 is 0 Å². The summed E-state index contributed by atoms with van der Waals surface area (Å²) in [6.45, 7) is 23.2. The summed E-state index contributed by atoms with van der Waals surface area (Å²) in [4.78, 5) is 145. The third-order valence-electron chi connectivity index (χ3n) is 23.0. The standard InChI is InChI=1S/C22H25FN4O2.C16H21N3O2.C15H20N4O5.C15H22N4O3.C8H16N2O2.C7H6ClF.C7H4N2O2S.C6H6N2O2.C5H10ClNO.BrH/c1-2-29-22(28)26-13-11-18(12-14-26)24-21-25-19-5-3-4-6-20(19)27(21)15-16-7-9-17(23)10-8-16;1-2-21-16(20)19-9-7-13(8-10-19)17-15-11-12-5-3-4-6-14(12)18-15;1-2-24-15(21)18-9-7-11(8-10-18)16-14(20)17-12-5-3-4-6-13(12)19(22)23;1-2-22-15(21)19-9-7-11(8-10-19)17-14(20)18-13-6-4-3-5-12(13)16;1-2-12-8(11)10-5-3-7(9)4-6-10;8-5-6-1-3-7(9)4-2-6;10-9(11)7-4-2-1-3-6(7)8-5-12;7-5-3-1-2-4-6(5)8(9)10;1-3-7(4-2)5(6)8;/h3-10,18H,2,11-15H2,1H3,(H,24,25);3-6,13H,2,7-11H2,1H3,(H,17,18);3-6,11H,2,7-10H2,1H3,(H2,16,17,20);3-6,11H,2,7-10,16H2,1H3,(H2,17,18,20);7H,2-6,9H2,1H3;1-4H,5H2;1-4H;1-4H,7H2;3-4H2,1-2H3;1H. The van der Waals surface area contributed by atoms with Gasteiger partial charge in [0.1, 0.15) is 28.8 Å². The molecule has 12 N–H and O–H groups in total. The summed E-state index contributed by atoms with van der Waals surface area (Å²) in [7, 11) is 0. The van der Waals surface area contributed by atoms with Crippen LogP contribution in [0.1, 0.15) is 129 Å². The number of carbonyl (C=O) groups is 8. The van der Waals surface area contributed by atoms with E-state index in [4.69, 9.17) is 74.1 Å². The van der Waals surface area contributed by atoms with Crippen molar-refractivity contribution in [2.24, 2.45) is 15.7 Å². The molecule has 0 saturated carbocycles. The molecule has 5 fully saturated rings. The summed E-state index contributed by atoms with van der Waals surface area (Å²) < 4.78 is 52.5. The van der Waals surface area contributed by atoms with Crippen molar-refractivity contribution in [3.05, 3.63) is 253 Å². The number of nitro benzene ring substituents is 3. The van der Waals surface area contributed by atoms with Gasteiger partial charge in [0, 0.05) is 139 Å². The predicted octanol–water partition coefficient (Wildman–Crippen LogP) is 20.2. The lowest BCUT2D eigenvalue weighted by Crippen LogP contribution is -2.47. The van der Waals surface area contributed by atoms with E-state index in [0.717, 1.165) is 105 Å². The Morgan fingerprint density at radius 3 is 1.30 bits per heavy atom. The number of rotatable bonds is 21. The number of aromatic nitrogens is 2. The van der Waals surface area contributed by atoms with Gasteiger partial charge in [-0.05, 0) is 226 Å². The highest BCUT2D eigenvalue weighted by molar-refractivity contribution is 8.93. The van der Waals surface area contributed by atoms with Crippen LogP contribution in [0.15, 0.2) is 204 Å². The second kappa shape index (κ2) is 66.5. The van der Waals surface area contributed by atoms with Crippen LogP contribution in [0.5, 0.6) is 0 Å². The minimum atomic E-state index is -0.548. The second-order valence-electron chi connectivity index (χ2n) is 33.1. The zero-order chi connectivity index (χ0) is 107. The first-order valence-corrected chi connectivity index (χ1v) is 49.6. The van der Waals surface area contributed by atoms with E-state index in [0.29, 0.717) is 141 Å². The van der Waals surface area contributed by atoms with E-state index in [1.807, 2.05) is 77.1 Å². The second-order valence-corrected chi connectivity index (χ2v) is 33.9. The number of hydrogen-bond donors (Lipinski definition) is 9. The molecular formula is C101H131BrCl2F2N22O19S. The van der Waals surface area contributed by atoms with Crippen LogP contribution in [0.25, 0.3) is 11.0 Å². The summed E-state index contributed by atoms with van der Waals surface area (Å²) in [5, 5.41) is 51.0. The molecule has 15 rings (SSSR count). The number of aliphatic imine (C=N–C) groups is 2. The van der Waals surface area contributed by atoms with E-state index in [-0.39, 0.29) is 129 Å². The first-order chi connectivity index (χ1) is 70.7. The molecule has 148 heavy (non-hydrogen) atoms. The van der Waals surface area contributed by atoms with Crippen molar-refractivity contribution in [1.82, 2.24) is 49.6 Å². The number of benzene rings is 8. The van der Waals surface area contributed by atoms with E-state index < -0.39 is 20.8 Å². The fraction of sp³-hybridized carbons (Fsp3) is 0.416. The van der Waals surface area contributed by atoms with E-state index in [1.165, 1.54) is 78.0 Å². The Balaban J connectivity index is 0.000000262. The summed E-state index contributed by atoms with van der Waals surface area (Å²) in [6.07, 6.45) is 7.46. The molecule has 0 spiro atoms. The van der Waals surface area contributed by atoms with Crippen molar-refractivity contribution in [2.45, 2.75) is 162 Å². The number of nitrogens with two attached hydrogens (primary N) is 3. The number of likely N-dealkylation sites (tertiary alicyclic amines) is 5. The molecule has 0 aliphatic carbocycles. The quantitative estimate of drug-likeness (QED) is 0.00371. The molecule has 41 nitrogen and oxygen atoms in total. The van der Waals surface area contributed by atoms with E-state index in [1.54, 1.807) is 110 Å². The molecule has 800 valence electrons. The number of amidine groups is 1. The number of nitrogens with one attached hydrogen (secondary N) is 6. The van der Waals surface area contributed by atoms with Crippen LogP contribution >= 0.6 is 52.4 Å². The van der Waals surface area contributed by atoms with Crippen LogP contribution in [-0.4, -0.2) is 254 Å². The third-order valence-corrected chi connectivity index (χ3v) is 23.7. The Morgan fingerprint density at radius 2 is 0.878 bits per heavy atom. The zero-order valence-electron chi connectivity index (χ0n) is 83.7. The van der Waals surface area contributed by atoms with Gasteiger partial charge >= 0.3 is 47.9 Å². The highest BCUT2D eigenvalue weighted by atomic mass is 79.9. The molecule has 0 bridgehead atoms. The maximum atomic E-state index is 13.3. The van der Waals surface area contributed by atoms with Gasteiger partial charge in [0.15, 0.2) is 5.69 Å². The number of halogens is 5. The third kappa shape index (κ3) is 42.4. The molecule has 5 saturated heterocycles. The number of hydrogen-bond acceptors (Lipinski definition) is 27. The SMILES string of the molecule is Br.CCN(CC)C(=O)Cl.CCOC(=O)N1CCC(N)CC1.CCOC(=O)N1CCC(N=C2Cc3ccccc3N2)CC1.CCOC(=O)N1CCC(NC(=O)Nc2ccccc2N)CC1.CCOC(=O)N1CCC(NC(=O)Nc2ccccc2[N+](=O)[O-])CC1.CCOC(=O)N1CCC(Nc2nc3ccccc3n2Cc2ccc(F)cc2)CC1.Fc1ccc(CCl)cc1.Nc1ccccc1[N+](=O)[O-].O=[N+]([O-])c1ccccc1N=C=S. The predicted molar refractivity (Wildman–Crippen MR) is 576 cm³/mol. The summed E-state index contributed by atoms with van der Waals surface area (Å²) >= 11 is 14.9. The fourth-order valence-electron chi connectivity index (χ4n) is 15.2. The molecule has 9 aromatic rings. The number of alkyl halides is 1. The molecule has 6 aliphatic heterocycles. The van der Waals surface area contributed by atoms with Crippen LogP contribution in [0.2, 0.25) is 0 Å². The molecular weight excluding hydrogens is 2050 g/mol. The van der Waals surface area contributed by atoms with Crippen molar-refractivity contribution in [3.8, 4) is 0 Å². The molecule has 7 heterocycles. The maximum Gasteiger partial charge on any atom is 0.409 e. The smallest absolute Gasteiger partial charge is 0.409 e. The topological polar surface area (TPSA) is 524 Å². The number of ether oxygens (including phenoxy) is 5. The largest absolute Gasteiger partial charge is 0.450 e. The normalized spacial score (nSPS) is 14.4. The van der Waals surface area contributed by atoms with Gasteiger partial charge in [0.25, 0.3) is 17.1 Å². The number of nitro groups is 3. The van der Waals surface area contributed by atoms with E-state index in [9.17, 15) is 77.5 Å². The first-order valence-electron chi connectivity index (χ1n) is 48.3. The maximum absolute atomic E-state index is 13.3. The molecule has 0 atom stereocenters. The summed E-state index contributed by atoms with van der Waals surface area (Å²) in [6, 6.07) is 54.2. The molecule has 1 aromatic heterocycles. The van der Waals surface area contributed by atoms with Gasteiger partial charge < -0.3 is 107 Å². The van der Waals surface area contributed by atoms with E-state index in [2.05, 4.69) is 77.0 Å². The first kappa shape index (κ1) is 122. The van der Waals surface area contributed by atoms with Gasteiger partial charge in [0.05, 0.1) is 88.0 Å². The molecule has 10 amide bonds. The van der Waals surface area contributed by atoms with Gasteiger partial charge in [-0.3, -0.25) is 40.1 Å².